The Balaban J connectivity index is 2.55. The summed E-state index contributed by atoms with van der Waals surface area (Å²) in [4.78, 5) is 0. The Hall–Kier alpha value is -0.330. The highest BCUT2D eigenvalue weighted by Crippen LogP contribution is 2.38. The molecule has 1 heteroatoms. The molecule has 1 aliphatic rings. The van der Waals surface area contributed by atoms with Crippen LogP contribution in [0.2, 0.25) is 0 Å². The number of nitrogens with one attached hydrogen (secondary N) is 1. The molecule has 0 unspecified atom stereocenters. The van der Waals surface area contributed by atoms with Crippen LogP contribution in [0.15, 0.2) is 0 Å². The first kappa shape index (κ1) is 8.76. The van der Waals surface area contributed by atoms with E-state index in [-0.39, 0.29) is 5.41 Å². The zero-order valence-corrected chi connectivity index (χ0v) is 7.91. The van der Waals surface area contributed by atoms with Gasteiger partial charge in [0.05, 0.1) is 0 Å². The lowest BCUT2D eigenvalue weighted by Gasteiger charge is -2.35. The van der Waals surface area contributed by atoms with E-state index in [4.69, 9.17) is 5.41 Å². The van der Waals surface area contributed by atoms with E-state index in [1.54, 1.807) is 0 Å². The zero-order chi connectivity index (χ0) is 8.48. The molecule has 0 bridgehead atoms. The third-order valence-electron chi connectivity index (χ3n) is 3.28. The van der Waals surface area contributed by atoms with E-state index in [1.165, 1.54) is 25.7 Å². The molecule has 0 aliphatic heterocycles. The zero-order valence-electron chi connectivity index (χ0n) is 7.91. The Labute approximate surface area is 69.7 Å². The first-order chi connectivity index (χ1) is 5.04. The second-order valence-electron chi connectivity index (χ2n) is 4.37. The van der Waals surface area contributed by atoms with E-state index in [2.05, 4.69) is 13.8 Å². The topological polar surface area (TPSA) is 23.9 Å². The van der Waals surface area contributed by atoms with Crippen molar-refractivity contribution in [1.29, 1.82) is 5.41 Å². The summed E-state index contributed by atoms with van der Waals surface area (Å²) < 4.78 is 0. The highest BCUT2D eigenvalue weighted by Gasteiger charge is 2.30. The van der Waals surface area contributed by atoms with Gasteiger partial charge in [0.15, 0.2) is 0 Å². The summed E-state index contributed by atoms with van der Waals surface area (Å²) in [6, 6.07) is 0. The summed E-state index contributed by atoms with van der Waals surface area (Å²) >= 11 is 0. The normalized spacial score (nSPS) is 38.6. The molecule has 1 nitrogen and oxygen atoms in total. The molecule has 0 aromatic heterocycles. The van der Waals surface area contributed by atoms with Crippen LogP contribution in [0.25, 0.3) is 0 Å². The van der Waals surface area contributed by atoms with Crippen LogP contribution < -0.4 is 0 Å². The Morgan fingerprint density at radius 3 is 2.18 bits per heavy atom. The Morgan fingerprint density at radius 1 is 1.36 bits per heavy atom. The number of hydrogen-bond acceptors (Lipinski definition) is 1. The predicted octanol–water partition coefficient (Wildman–Crippen LogP) is 3.24. The van der Waals surface area contributed by atoms with Crippen LogP contribution in [0, 0.1) is 16.7 Å². The summed E-state index contributed by atoms with van der Waals surface area (Å²) in [6.45, 7) is 6.51. The molecule has 1 N–H and O–H groups in total. The summed E-state index contributed by atoms with van der Waals surface area (Å²) in [5.74, 6) is 0.891. The molecule has 1 fully saturated rings. The van der Waals surface area contributed by atoms with Crippen LogP contribution in [-0.4, -0.2) is 5.71 Å². The summed E-state index contributed by atoms with van der Waals surface area (Å²) in [6.07, 6.45) is 5.08. The first-order valence-corrected chi connectivity index (χ1v) is 4.60. The average molecular weight is 153 g/mol. The SMILES string of the molecule is CC(=N)C1(C)CCC(C)CC1. The first-order valence-electron chi connectivity index (χ1n) is 4.60. The molecule has 0 radical (unpaired) electrons. The van der Waals surface area contributed by atoms with Gasteiger partial charge in [-0.05, 0) is 38.5 Å². The molecule has 0 spiro atoms. The van der Waals surface area contributed by atoms with Crippen molar-refractivity contribution in [2.75, 3.05) is 0 Å². The van der Waals surface area contributed by atoms with Gasteiger partial charge in [-0.2, -0.15) is 0 Å². The van der Waals surface area contributed by atoms with E-state index in [9.17, 15) is 0 Å². The molecular formula is C10H19N. The largest absolute Gasteiger partial charge is 0.309 e. The van der Waals surface area contributed by atoms with Crippen molar-refractivity contribution in [3.05, 3.63) is 0 Å². The quantitative estimate of drug-likeness (QED) is 0.559. The van der Waals surface area contributed by atoms with Crippen LogP contribution in [0.5, 0.6) is 0 Å². The van der Waals surface area contributed by atoms with Gasteiger partial charge in [0, 0.05) is 11.1 Å². The minimum Gasteiger partial charge on any atom is -0.309 e. The monoisotopic (exact) mass is 153 g/mol. The molecule has 0 amide bonds. The highest BCUT2D eigenvalue weighted by molar-refractivity contribution is 5.84. The van der Waals surface area contributed by atoms with Crippen molar-refractivity contribution in [1.82, 2.24) is 0 Å². The maximum absolute atomic E-state index is 7.65. The van der Waals surface area contributed by atoms with Crippen molar-refractivity contribution in [2.24, 2.45) is 11.3 Å². The molecule has 0 aromatic rings. The molecule has 0 atom stereocenters. The third kappa shape index (κ3) is 1.82. The van der Waals surface area contributed by atoms with Gasteiger partial charge in [-0.1, -0.05) is 13.8 Å². The van der Waals surface area contributed by atoms with Crippen molar-refractivity contribution in [3.63, 3.8) is 0 Å². The fraction of sp³-hybridized carbons (Fsp3) is 0.900. The minimum atomic E-state index is 0.243. The lowest BCUT2D eigenvalue weighted by atomic mass is 9.70. The lowest BCUT2D eigenvalue weighted by Crippen LogP contribution is -2.29. The number of hydrogen-bond donors (Lipinski definition) is 1. The van der Waals surface area contributed by atoms with E-state index >= 15 is 0 Å². The van der Waals surface area contributed by atoms with E-state index in [1.807, 2.05) is 6.92 Å². The third-order valence-corrected chi connectivity index (χ3v) is 3.28. The molecule has 0 aromatic carbocycles. The molecule has 64 valence electrons. The molecular weight excluding hydrogens is 134 g/mol. The fourth-order valence-electron chi connectivity index (χ4n) is 1.77. The molecule has 0 saturated heterocycles. The predicted molar refractivity (Wildman–Crippen MR) is 49.1 cm³/mol. The second kappa shape index (κ2) is 2.96. The molecule has 0 heterocycles. The van der Waals surface area contributed by atoms with Crippen molar-refractivity contribution >= 4 is 5.71 Å². The summed E-state index contributed by atoms with van der Waals surface area (Å²) in [5, 5.41) is 7.65. The minimum absolute atomic E-state index is 0.243. The molecule has 11 heavy (non-hydrogen) atoms. The average Bonchev–Trinajstić information content (AvgIpc) is 1.95. The van der Waals surface area contributed by atoms with Gasteiger partial charge in [-0.3, -0.25) is 0 Å². The van der Waals surface area contributed by atoms with Crippen LogP contribution >= 0.6 is 0 Å². The van der Waals surface area contributed by atoms with Crippen LogP contribution in [0.4, 0.5) is 0 Å². The standard InChI is InChI=1S/C10H19N/c1-8-4-6-10(3,7-5-8)9(2)11/h8,11H,4-7H2,1-3H3. The van der Waals surface area contributed by atoms with Crippen molar-refractivity contribution < 1.29 is 0 Å². The van der Waals surface area contributed by atoms with Crippen molar-refractivity contribution in [2.45, 2.75) is 46.5 Å². The lowest BCUT2D eigenvalue weighted by molar-refractivity contribution is 0.252. The highest BCUT2D eigenvalue weighted by atomic mass is 14.5. The van der Waals surface area contributed by atoms with Crippen molar-refractivity contribution in [3.8, 4) is 0 Å². The summed E-state index contributed by atoms with van der Waals surface area (Å²) in [5.41, 5.74) is 1.12. The van der Waals surface area contributed by atoms with E-state index in [0.29, 0.717) is 0 Å². The molecule has 1 rings (SSSR count). The van der Waals surface area contributed by atoms with Gasteiger partial charge in [-0.25, -0.2) is 0 Å². The smallest absolute Gasteiger partial charge is 0.0117 e. The van der Waals surface area contributed by atoms with Gasteiger partial charge in [0.2, 0.25) is 0 Å². The maximum Gasteiger partial charge on any atom is 0.0117 e. The molecule has 1 aliphatic carbocycles. The van der Waals surface area contributed by atoms with E-state index < -0.39 is 0 Å². The van der Waals surface area contributed by atoms with Gasteiger partial charge >= 0.3 is 0 Å². The Morgan fingerprint density at radius 2 is 1.82 bits per heavy atom. The van der Waals surface area contributed by atoms with Crippen LogP contribution in [0.3, 0.4) is 0 Å². The van der Waals surface area contributed by atoms with Gasteiger partial charge in [0.25, 0.3) is 0 Å². The van der Waals surface area contributed by atoms with E-state index in [0.717, 1.165) is 11.6 Å². The van der Waals surface area contributed by atoms with Gasteiger partial charge in [-0.15, -0.1) is 0 Å². The number of rotatable bonds is 1. The summed E-state index contributed by atoms with van der Waals surface area (Å²) in [7, 11) is 0. The van der Waals surface area contributed by atoms with Gasteiger partial charge < -0.3 is 5.41 Å². The Bertz CT molecular complexity index is 152. The van der Waals surface area contributed by atoms with Crippen LogP contribution in [0.1, 0.15) is 46.5 Å². The van der Waals surface area contributed by atoms with Gasteiger partial charge in [0.1, 0.15) is 0 Å². The molecule has 1 saturated carbocycles. The Kier molecular flexibility index (Phi) is 2.36. The maximum atomic E-state index is 7.65. The van der Waals surface area contributed by atoms with Crippen LogP contribution in [-0.2, 0) is 0 Å². The second-order valence-corrected chi connectivity index (χ2v) is 4.37. The fourth-order valence-corrected chi connectivity index (χ4v) is 1.77.